The summed E-state index contributed by atoms with van der Waals surface area (Å²) in [7, 11) is 0. The smallest absolute Gasteiger partial charge is 0.0712 e. The molecule has 0 bridgehead atoms. The van der Waals surface area contributed by atoms with E-state index in [0.29, 0.717) is 5.92 Å². The van der Waals surface area contributed by atoms with Gasteiger partial charge in [-0.25, -0.2) is 4.98 Å². The van der Waals surface area contributed by atoms with E-state index in [2.05, 4.69) is 90.1 Å². The van der Waals surface area contributed by atoms with E-state index in [0.717, 1.165) is 17.6 Å². The predicted molar refractivity (Wildman–Crippen MR) is 109 cm³/mol. The van der Waals surface area contributed by atoms with Crippen LogP contribution in [0.2, 0.25) is 0 Å². The average Bonchev–Trinajstić information content (AvgIpc) is 2.58. The maximum atomic E-state index is 4.99. The van der Waals surface area contributed by atoms with Gasteiger partial charge in [0.1, 0.15) is 0 Å². The molecule has 1 heteroatoms. The van der Waals surface area contributed by atoms with Crippen LogP contribution in [0.5, 0.6) is 0 Å². The molecule has 0 saturated carbocycles. The summed E-state index contributed by atoms with van der Waals surface area (Å²) in [6.45, 7) is 13.5. The van der Waals surface area contributed by atoms with Crippen LogP contribution in [-0.4, -0.2) is 4.98 Å². The van der Waals surface area contributed by atoms with E-state index in [1.54, 1.807) is 0 Å². The van der Waals surface area contributed by atoms with Crippen LogP contribution in [0.4, 0.5) is 0 Å². The molecule has 25 heavy (non-hydrogen) atoms. The first-order valence-electron chi connectivity index (χ1n) is 9.32. The van der Waals surface area contributed by atoms with Crippen LogP contribution in [0.3, 0.4) is 0 Å². The molecule has 0 fully saturated rings. The molecule has 0 saturated heterocycles. The number of benzene rings is 2. The van der Waals surface area contributed by atoms with Crippen molar-refractivity contribution >= 4 is 10.9 Å². The molecule has 3 rings (SSSR count). The maximum Gasteiger partial charge on any atom is 0.0712 e. The van der Waals surface area contributed by atoms with Gasteiger partial charge in [-0.2, -0.15) is 0 Å². The van der Waals surface area contributed by atoms with Crippen LogP contribution < -0.4 is 0 Å². The Bertz CT molecular complexity index is 900. The zero-order chi connectivity index (χ0) is 18.2. The average molecular weight is 332 g/mol. The number of fused-ring (bicyclic) bond motifs is 1. The van der Waals surface area contributed by atoms with Crippen molar-refractivity contribution in [1.29, 1.82) is 0 Å². The van der Waals surface area contributed by atoms with Crippen LogP contribution in [0.1, 0.15) is 63.6 Å². The first kappa shape index (κ1) is 17.7. The highest BCUT2D eigenvalue weighted by atomic mass is 14.7. The molecule has 0 amide bonds. The summed E-state index contributed by atoms with van der Waals surface area (Å²) < 4.78 is 0. The predicted octanol–water partition coefficient (Wildman–Crippen LogP) is 7.02. The van der Waals surface area contributed by atoms with Gasteiger partial charge in [-0.1, -0.05) is 64.4 Å². The second kappa shape index (κ2) is 6.63. The van der Waals surface area contributed by atoms with E-state index in [9.17, 15) is 0 Å². The van der Waals surface area contributed by atoms with Gasteiger partial charge in [-0.3, -0.25) is 0 Å². The minimum Gasteiger partial charge on any atom is -0.248 e. The van der Waals surface area contributed by atoms with Gasteiger partial charge in [0, 0.05) is 10.9 Å². The molecule has 1 nitrogen and oxygen atoms in total. The number of pyridine rings is 1. The van der Waals surface area contributed by atoms with Crippen molar-refractivity contribution < 1.29 is 0 Å². The van der Waals surface area contributed by atoms with Gasteiger partial charge in [0.2, 0.25) is 0 Å². The zero-order valence-corrected chi connectivity index (χ0v) is 16.4. The van der Waals surface area contributed by atoms with E-state index in [4.69, 9.17) is 4.98 Å². The van der Waals surface area contributed by atoms with Gasteiger partial charge in [0.25, 0.3) is 0 Å². The molecule has 1 atom stereocenters. The van der Waals surface area contributed by atoms with Crippen molar-refractivity contribution in [2.24, 2.45) is 0 Å². The summed E-state index contributed by atoms with van der Waals surface area (Å²) in [5, 5.41) is 1.28. The molecule has 0 aliphatic heterocycles. The molecule has 0 aliphatic rings. The lowest BCUT2D eigenvalue weighted by Crippen LogP contribution is -2.11. The fourth-order valence-corrected chi connectivity index (χ4v) is 3.35. The topological polar surface area (TPSA) is 12.9 Å². The van der Waals surface area contributed by atoms with Crippen LogP contribution >= 0.6 is 0 Å². The lowest BCUT2D eigenvalue weighted by molar-refractivity contribution is 0.590. The SMILES string of the molecule is CCC(C)c1cccc2nc(-c3cc(C)cc(C(C)(C)C)c3)ccc12. The highest BCUT2D eigenvalue weighted by Crippen LogP contribution is 2.31. The molecule has 2 aromatic carbocycles. The van der Waals surface area contributed by atoms with Crippen molar-refractivity contribution in [3.05, 3.63) is 65.2 Å². The molecule has 130 valence electrons. The Morgan fingerprint density at radius 2 is 1.76 bits per heavy atom. The fourth-order valence-electron chi connectivity index (χ4n) is 3.35. The lowest BCUT2D eigenvalue weighted by Gasteiger charge is -2.21. The number of hydrogen-bond donors (Lipinski definition) is 0. The Hall–Kier alpha value is -2.15. The van der Waals surface area contributed by atoms with E-state index in [-0.39, 0.29) is 5.41 Å². The summed E-state index contributed by atoms with van der Waals surface area (Å²) in [4.78, 5) is 4.99. The highest BCUT2D eigenvalue weighted by molar-refractivity contribution is 5.85. The minimum atomic E-state index is 0.140. The van der Waals surface area contributed by atoms with Crippen LogP contribution in [0.25, 0.3) is 22.2 Å². The van der Waals surface area contributed by atoms with Crippen molar-refractivity contribution in [1.82, 2.24) is 4.98 Å². The third kappa shape index (κ3) is 3.61. The fraction of sp³-hybridized carbons (Fsp3) is 0.375. The van der Waals surface area contributed by atoms with Crippen LogP contribution in [0.15, 0.2) is 48.5 Å². The molecule has 3 aromatic rings. The lowest BCUT2D eigenvalue weighted by atomic mass is 9.84. The summed E-state index contributed by atoms with van der Waals surface area (Å²) in [5.41, 5.74) is 7.55. The molecule has 0 radical (unpaired) electrons. The van der Waals surface area contributed by atoms with E-state index in [1.807, 2.05) is 0 Å². The van der Waals surface area contributed by atoms with Gasteiger partial charge in [-0.05, 0) is 60.1 Å². The first-order valence-corrected chi connectivity index (χ1v) is 9.32. The molecule has 0 aliphatic carbocycles. The molecule has 1 aromatic heterocycles. The quantitative estimate of drug-likeness (QED) is 0.502. The second-order valence-electron chi connectivity index (χ2n) is 8.26. The molecule has 1 heterocycles. The number of hydrogen-bond acceptors (Lipinski definition) is 1. The molecular formula is C24H29N. The zero-order valence-electron chi connectivity index (χ0n) is 16.4. The standard InChI is InChI=1S/C24H29N/c1-7-17(3)20-9-8-10-23-21(20)11-12-22(25-23)18-13-16(2)14-19(15-18)24(4,5)6/h8-15,17H,7H2,1-6H3. The van der Waals surface area contributed by atoms with Gasteiger partial charge in [0.15, 0.2) is 0 Å². The number of rotatable bonds is 3. The summed E-state index contributed by atoms with van der Waals surface area (Å²) >= 11 is 0. The highest BCUT2D eigenvalue weighted by Gasteiger charge is 2.16. The maximum absolute atomic E-state index is 4.99. The Morgan fingerprint density at radius 1 is 1.00 bits per heavy atom. The van der Waals surface area contributed by atoms with Gasteiger partial charge in [0.05, 0.1) is 11.2 Å². The van der Waals surface area contributed by atoms with Gasteiger partial charge >= 0.3 is 0 Å². The van der Waals surface area contributed by atoms with E-state index < -0.39 is 0 Å². The normalized spacial score (nSPS) is 13.2. The summed E-state index contributed by atoms with van der Waals surface area (Å²) in [5.74, 6) is 0.558. The Labute approximate surface area is 152 Å². The number of nitrogens with zero attached hydrogens (tertiary/aromatic N) is 1. The largest absolute Gasteiger partial charge is 0.248 e. The third-order valence-electron chi connectivity index (χ3n) is 5.15. The van der Waals surface area contributed by atoms with Crippen molar-refractivity contribution in [3.63, 3.8) is 0 Å². The summed E-state index contributed by atoms with van der Waals surface area (Å²) in [6, 6.07) is 17.7. The first-order chi connectivity index (χ1) is 11.8. The second-order valence-corrected chi connectivity index (χ2v) is 8.26. The van der Waals surface area contributed by atoms with Crippen molar-refractivity contribution in [2.75, 3.05) is 0 Å². The Kier molecular flexibility index (Phi) is 4.69. The molecular weight excluding hydrogens is 302 g/mol. The molecule has 0 N–H and O–H groups in total. The van der Waals surface area contributed by atoms with Crippen molar-refractivity contribution in [3.8, 4) is 11.3 Å². The van der Waals surface area contributed by atoms with Crippen LogP contribution in [-0.2, 0) is 5.41 Å². The van der Waals surface area contributed by atoms with Crippen molar-refractivity contribution in [2.45, 2.75) is 59.3 Å². The molecule has 1 unspecified atom stereocenters. The van der Waals surface area contributed by atoms with Gasteiger partial charge in [-0.15, -0.1) is 0 Å². The number of aromatic nitrogens is 1. The minimum absolute atomic E-state index is 0.140. The van der Waals surface area contributed by atoms with E-state index in [1.165, 1.54) is 27.6 Å². The molecule has 0 spiro atoms. The van der Waals surface area contributed by atoms with Crippen LogP contribution in [0, 0.1) is 6.92 Å². The summed E-state index contributed by atoms with van der Waals surface area (Å²) in [6.07, 6.45) is 1.15. The van der Waals surface area contributed by atoms with Gasteiger partial charge < -0.3 is 0 Å². The number of aryl methyl sites for hydroxylation is 1. The Balaban J connectivity index is 2.13. The van der Waals surface area contributed by atoms with E-state index >= 15 is 0 Å². The third-order valence-corrected chi connectivity index (χ3v) is 5.15. The monoisotopic (exact) mass is 331 g/mol. The Morgan fingerprint density at radius 3 is 2.44 bits per heavy atom.